The molecule has 0 N–H and O–H groups in total. The Hall–Kier alpha value is -0.0100. The smallest absolute Gasteiger partial charge is 0.0960 e. The van der Waals surface area contributed by atoms with Gasteiger partial charge in [0.05, 0.1) is 4.34 Å². The van der Waals surface area contributed by atoms with E-state index in [0.29, 0.717) is 0 Å². The summed E-state index contributed by atoms with van der Waals surface area (Å²) >= 11 is 7.66. The molecule has 1 aromatic heterocycles. The van der Waals surface area contributed by atoms with Gasteiger partial charge in [-0.2, -0.15) is 0 Å². The van der Waals surface area contributed by atoms with Gasteiger partial charge in [-0.25, -0.2) is 0 Å². The first-order valence-corrected chi connectivity index (χ1v) is 6.82. The summed E-state index contributed by atoms with van der Waals surface area (Å²) in [4.78, 5) is 0. The van der Waals surface area contributed by atoms with Crippen molar-refractivity contribution >= 4 is 22.9 Å². The third kappa shape index (κ3) is 4.47. The summed E-state index contributed by atoms with van der Waals surface area (Å²) in [5, 5.41) is 2.08. The Morgan fingerprint density at radius 2 is 1.86 bits per heavy atom. The lowest BCUT2D eigenvalue weighted by molar-refractivity contribution is 0.608. The molecule has 1 aromatic rings. The van der Waals surface area contributed by atoms with E-state index in [-0.39, 0.29) is 0 Å². The molecular weight excluding hydrogens is 212 g/mol. The Morgan fingerprint density at radius 1 is 1.14 bits per heavy atom. The van der Waals surface area contributed by atoms with E-state index in [1.807, 2.05) is 0 Å². The van der Waals surface area contributed by atoms with Crippen LogP contribution >= 0.6 is 22.9 Å². The molecule has 0 nitrogen and oxygen atoms in total. The molecule has 0 aliphatic rings. The highest BCUT2D eigenvalue weighted by Gasteiger charge is 2.00. The average molecular weight is 231 g/mol. The van der Waals surface area contributed by atoms with Crippen molar-refractivity contribution < 1.29 is 0 Å². The van der Waals surface area contributed by atoms with Gasteiger partial charge in [-0.3, -0.25) is 0 Å². The van der Waals surface area contributed by atoms with E-state index in [1.54, 1.807) is 11.3 Å². The van der Waals surface area contributed by atoms with Crippen LogP contribution < -0.4 is 0 Å². The van der Waals surface area contributed by atoms with E-state index in [4.69, 9.17) is 11.6 Å². The van der Waals surface area contributed by atoms with E-state index in [1.165, 1.54) is 44.1 Å². The highest BCUT2D eigenvalue weighted by Crippen LogP contribution is 2.24. The Bertz CT molecular complexity index is 242. The molecular formula is C12H19ClS. The predicted molar refractivity (Wildman–Crippen MR) is 66.4 cm³/mol. The summed E-state index contributed by atoms with van der Waals surface area (Å²) < 4.78 is 0.985. The fraction of sp³-hybridized carbons (Fsp3) is 0.667. The van der Waals surface area contributed by atoms with Crippen molar-refractivity contribution in [1.29, 1.82) is 0 Å². The van der Waals surface area contributed by atoms with E-state index in [0.717, 1.165) is 10.8 Å². The number of aryl methyl sites for hydroxylation is 1. The quantitative estimate of drug-likeness (QED) is 0.558. The topological polar surface area (TPSA) is 0 Å². The first-order valence-electron chi connectivity index (χ1n) is 5.56. The molecule has 0 bridgehead atoms. The Balaban J connectivity index is 2.02. The van der Waals surface area contributed by atoms with Crippen LogP contribution in [-0.2, 0) is 6.42 Å². The van der Waals surface area contributed by atoms with Crippen LogP contribution in [0.25, 0.3) is 0 Å². The van der Waals surface area contributed by atoms with Crippen molar-refractivity contribution in [2.75, 3.05) is 0 Å². The maximum absolute atomic E-state index is 6.02. The minimum atomic E-state index is 0.985. The summed E-state index contributed by atoms with van der Waals surface area (Å²) in [5.41, 5.74) is 1.34. The van der Waals surface area contributed by atoms with Gasteiger partial charge in [0, 0.05) is 0 Å². The fourth-order valence-electron chi connectivity index (χ4n) is 1.59. The van der Waals surface area contributed by atoms with Gasteiger partial charge in [0.15, 0.2) is 0 Å². The van der Waals surface area contributed by atoms with Gasteiger partial charge in [0.2, 0.25) is 0 Å². The Kier molecular flexibility index (Phi) is 6.29. The van der Waals surface area contributed by atoms with E-state index in [2.05, 4.69) is 18.4 Å². The van der Waals surface area contributed by atoms with Crippen LogP contribution in [0.5, 0.6) is 0 Å². The van der Waals surface area contributed by atoms with Crippen molar-refractivity contribution in [3.05, 3.63) is 21.3 Å². The zero-order valence-corrected chi connectivity index (χ0v) is 10.5. The molecule has 0 aliphatic carbocycles. The van der Waals surface area contributed by atoms with Crippen LogP contribution in [0.2, 0.25) is 4.34 Å². The predicted octanol–water partition coefficient (Wildman–Crippen LogP) is 5.30. The van der Waals surface area contributed by atoms with Crippen LogP contribution in [-0.4, -0.2) is 0 Å². The lowest BCUT2D eigenvalue weighted by Crippen LogP contribution is -1.84. The second-order valence-corrected chi connectivity index (χ2v) is 5.26. The van der Waals surface area contributed by atoms with Gasteiger partial charge >= 0.3 is 0 Å². The summed E-state index contributed by atoms with van der Waals surface area (Å²) in [5.74, 6) is 0. The average Bonchev–Trinajstić information content (AvgIpc) is 2.58. The standard InChI is InChI=1S/C12H19ClS/c1-2-3-4-5-6-7-8-11-9-10-14-12(11)13/h9-10H,2-8H2,1H3. The van der Waals surface area contributed by atoms with Crippen molar-refractivity contribution in [2.45, 2.75) is 51.9 Å². The molecule has 14 heavy (non-hydrogen) atoms. The molecule has 1 rings (SSSR count). The highest BCUT2D eigenvalue weighted by atomic mass is 35.5. The monoisotopic (exact) mass is 230 g/mol. The molecule has 0 unspecified atom stereocenters. The number of rotatable bonds is 7. The number of unbranched alkanes of at least 4 members (excludes halogenated alkanes) is 5. The summed E-state index contributed by atoms with van der Waals surface area (Å²) in [6, 6.07) is 2.15. The first kappa shape index (κ1) is 12.1. The molecule has 0 saturated carbocycles. The van der Waals surface area contributed by atoms with E-state index < -0.39 is 0 Å². The normalized spacial score (nSPS) is 10.7. The van der Waals surface area contributed by atoms with Gasteiger partial charge in [0.25, 0.3) is 0 Å². The minimum Gasteiger partial charge on any atom is -0.132 e. The third-order valence-electron chi connectivity index (χ3n) is 2.49. The van der Waals surface area contributed by atoms with E-state index >= 15 is 0 Å². The van der Waals surface area contributed by atoms with Gasteiger partial charge in [-0.15, -0.1) is 11.3 Å². The third-order valence-corrected chi connectivity index (χ3v) is 3.74. The SMILES string of the molecule is CCCCCCCCc1ccsc1Cl. The van der Waals surface area contributed by atoms with Crippen LogP contribution in [0, 0.1) is 0 Å². The van der Waals surface area contributed by atoms with Gasteiger partial charge in [-0.1, -0.05) is 50.6 Å². The molecule has 0 fully saturated rings. The molecule has 0 saturated heterocycles. The summed E-state index contributed by atoms with van der Waals surface area (Å²) in [6.07, 6.45) is 9.31. The van der Waals surface area contributed by atoms with Crippen LogP contribution in [0.1, 0.15) is 51.0 Å². The van der Waals surface area contributed by atoms with Gasteiger partial charge in [-0.05, 0) is 29.9 Å². The molecule has 0 amide bonds. The number of hydrogen-bond donors (Lipinski definition) is 0. The zero-order valence-electron chi connectivity index (χ0n) is 8.89. The van der Waals surface area contributed by atoms with Crippen molar-refractivity contribution in [3.8, 4) is 0 Å². The Morgan fingerprint density at radius 3 is 2.50 bits per heavy atom. The first-order chi connectivity index (χ1) is 6.84. The molecule has 0 spiro atoms. The maximum atomic E-state index is 6.02. The molecule has 80 valence electrons. The lowest BCUT2D eigenvalue weighted by atomic mass is 10.1. The van der Waals surface area contributed by atoms with Crippen molar-refractivity contribution in [2.24, 2.45) is 0 Å². The maximum Gasteiger partial charge on any atom is 0.0960 e. The molecule has 1 heterocycles. The second kappa shape index (κ2) is 7.30. The van der Waals surface area contributed by atoms with Gasteiger partial charge < -0.3 is 0 Å². The number of hydrogen-bond acceptors (Lipinski definition) is 1. The fourth-order valence-corrected chi connectivity index (χ4v) is 2.58. The van der Waals surface area contributed by atoms with Crippen molar-refractivity contribution in [3.63, 3.8) is 0 Å². The Labute approximate surface area is 96.3 Å². The minimum absolute atomic E-state index is 0.985. The highest BCUT2D eigenvalue weighted by molar-refractivity contribution is 7.14. The van der Waals surface area contributed by atoms with Crippen LogP contribution in [0.4, 0.5) is 0 Å². The molecule has 0 aromatic carbocycles. The molecule has 0 atom stereocenters. The molecule has 2 heteroatoms. The second-order valence-electron chi connectivity index (χ2n) is 3.74. The van der Waals surface area contributed by atoms with Gasteiger partial charge in [0.1, 0.15) is 0 Å². The molecule has 0 radical (unpaired) electrons. The van der Waals surface area contributed by atoms with E-state index in [9.17, 15) is 0 Å². The number of halogens is 1. The number of thiophene rings is 1. The summed E-state index contributed by atoms with van der Waals surface area (Å²) in [6.45, 7) is 2.26. The largest absolute Gasteiger partial charge is 0.132 e. The molecule has 0 aliphatic heterocycles. The summed E-state index contributed by atoms with van der Waals surface area (Å²) in [7, 11) is 0. The van der Waals surface area contributed by atoms with Crippen LogP contribution in [0.3, 0.4) is 0 Å². The van der Waals surface area contributed by atoms with Crippen molar-refractivity contribution in [1.82, 2.24) is 0 Å². The zero-order chi connectivity index (χ0) is 10.2. The van der Waals surface area contributed by atoms with Crippen LogP contribution in [0.15, 0.2) is 11.4 Å². The lowest BCUT2D eigenvalue weighted by Gasteiger charge is -2.00.